The van der Waals surface area contributed by atoms with Crippen LogP contribution < -0.4 is 9.46 Å². The van der Waals surface area contributed by atoms with Gasteiger partial charge in [-0.3, -0.25) is 0 Å². The molecule has 1 aliphatic rings. The highest BCUT2D eigenvalue weighted by atomic mass is 32.2. The van der Waals surface area contributed by atoms with Gasteiger partial charge in [-0.25, -0.2) is 8.93 Å². The van der Waals surface area contributed by atoms with E-state index in [2.05, 4.69) is 23.8 Å². The maximum atomic E-state index is 11.7. The molecule has 2 unspecified atom stereocenters. The van der Waals surface area contributed by atoms with Crippen molar-refractivity contribution in [1.29, 1.82) is 0 Å². The first-order valence-corrected chi connectivity index (χ1v) is 9.91. The highest BCUT2D eigenvalue weighted by molar-refractivity contribution is 7.82. The highest BCUT2D eigenvalue weighted by Crippen LogP contribution is 2.26. The monoisotopic (exact) mass is 379 g/mol. The Morgan fingerprint density at radius 3 is 2.32 bits per heavy atom. The van der Waals surface area contributed by atoms with Gasteiger partial charge in [0.2, 0.25) is 0 Å². The topological polar surface area (TPSA) is 38.3 Å². The zero-order valence-electron chi connectivity index (χ0n) is 15.1. The number of halogens is 3. The van der Waals surface area contributed by atoms with Crippen LogP contribution in [0.2, 0.25) is 0 Å². The summed E-state index contributed by atoms with van der Waals surface area (Å²) in [5, 5.41) is 0. The minimum atomic E-state index is -4.00. The summed E-state index contributed by atoms with van der Waals surface area (Å²) in [6, 6.07) is 8.50. The minimum Gasteiger partial charge on any atom is -0.493 e. The first-order valence-electron chi connectivity index (χ1n) is 8.59. The minimum absolute atomic E-state index is 0.188. The second kappa shape index (κ2) is 10.8. The van der Waals surface area contributed by atoms with Gasteiger partial charge in [-0.15, -0.1) is 0 Å². The molecule has 1 aromatic carbocycles. The largest absolute Gasteiger partial charge is 0.493 e. The van der Waals surface area contributed by atoms with Gasteiger partial charge in [0.05, 0.1) is 17.6 Å². The van der Waals surface area contributed by atoms with Gasteiger partial charge in [0.15, 0.2) is 0 Å². The fourth-order valence-electron chi connectivity index (χ4n) is 2.65. The number of hydrogen-bond acceptors (Lipinski definition) is 2. The van der Waals surface area contributed by atoms with E-state index in [9.17, 15) is 17.4 Å². The van der Waals surface area contributed by atoms with Crippen molar-refractivity contribution in [2.75, 3.05) is 12.4 Å². The first kappa shape index (κ1) is 22.0. The third kappa shape index (κ3) is 10.5. The van der Waals surface area contributed by atoms with Crippen LogP contribution in [-0.4, -0.2) is 28.8 Å². The number of benzene rings is 1. The zero-order valence-corrected chi connectivity index (χ0v) is 15.9. The van der Waals surface area contributed by atoms with E-state index in [4.69, 9.17) is 4.74 Å². The predicted molar refractivity (Wildman–Crippen MR) is 96.0 cm³/mol. The standard InChI is InChI=1S/C16H25NO2S.C2H3F3/c1-3-20(18)17-16-7-5-4-6-14(16)12-19-15-10-8-13(2)9-11-15;1-2(3,4)5/h8-11,14,16-17H,3-7,12H2,1-2H3;1H3/t14-,16?,20?;/m1./s1. The summed E-state index contributed by atoms with van der Waals surface area (Å²) in [4.78, 5) is 0. The van der Waals surface area contributed by atoms with E-state index < -0.39 is 17.2 Å². The first-order chi connectivity index (χ1) is 11.7. The Labute approximate surface area is 150 Å². The van der Waals surface area contributed by atoms with Gasteiger partial charge in [0.1, 0.15) is 5.75 Å². The summed E-state index contributed by atoms with van der Waals surface area (Å²) in [5.74, 6) is 2.05. The Morgan fingerprint density at radius 2 is 1.76 bits per heavy atom. The molecule has 7 heteroatoms. The van der Waals surface area contributed by atoms with Crippen molar-refractivity contribution in [3.05, 3.63) is 29.8 Å². The number of rotatable bonds is 6. The zero-order chi connectivity index (χ0) is 18.9. The molecule has 3 nitrogen and oxygen atoms in total. The van der Waals surface area contributed by atoms with Crippen LogP contribution in [-0.2, 0) is 11.0 Å². The van der Waals surface area contributed by atoms with Crippen LogP contribution in [0.4, 0.5) is 13.2 Å². The summed E-state index contributed by atoms with van der Waals surface area (Å²) in [6.45, 7) is 4.92. The molecular weight excluding hydrogens is 351 g/mol. The Bertz CT molecular complexity index is 514. The van der Waals surface area contributed by atoms with Crippen LogP contribution in [0.5, 0.6) is 5.75 Å². The van der Waals surface area contributed by atoms with Crippen molar-refractivity contribution in [3.8, 4) is 5.75 Å². The van der Waals surface area contributed by atoms with Gasteiger partial charge in [-0.05, 0) is 31.9 Å². The fraction of sp³-hybridized carbons (Fsp3) is 0.667. The Morgan fingerprint density at radius 1 is 1.20 bits per heavy atom. The van der Waals surface area contributed by atoms with Gasteiger partial charge in [0, 0.05) is 24.6 Å². The van der Waals surface area contributed by atoms with Crippen LogP contribution in [0, 0.1) is 12.8 Å². The molecule has 0 aliphatic heterocycles. The van der Waals surface area contributed by atoms with E-state index >= 15 is 0 Å². The van der Waals surface area contributed by atoms with Crippen LogP contribution in [0.1, 0.15) is 45.1 Å². The van der Waals surface area contributed by atoms with Crippen molar-refractivity contribution in [2.45, 2.75) is 58.7 Å². The molecule has 1 N–H and O–H groups in total. The molecule has 0 aromatic heterocycles. The summed E-state index contributed by atoms with van der Waals surface area (Å²) < 4.78 is 51.9. The lowest BCUT2D eigenvalue weighted by atomic mass is 9.86. The van der Waals surface area contributed by atoms with Crippen LogP contribution in [0.15, 0.2) is 24.3 Å². The lowest BCUT2D eigenvalue weighted by molar-refractivity contribution is -0.110. The molecule has 1 fully saturated rings. The van der Waals surface area contributed by atoms with Crippen LogP contribution >= 0.6 is 0 Å². The van der Waals surface area contributed by atoms with Gasteiger partial charge >= 0.3 is 6.18 Å². The quantitative estimate of drug-likeness (QED) is 0.773. The van der Waals surface area contributed by atoms with Crippen LogP contribution in [0.25, 0.3) is 0 Å². The Balaban J connectivity index is 0.000000550. The molecule has 0 bridgehead atoms. The van der Waals surface area contributed by atoms with E-state index in [0.717, 1.165) is 18.6 Å². The third-order valence-corrected chi connectivity index (χ3v) is 5.03. The molecule has 0 spiro atoms. The summed E-state index contributed by atoms with van der Waals surface area (Å²) in [7, 11) is -0.902. The molecule has 0 saturated heterocycles. The predicted octanol–water partition coefficient (Wildman–Crippen LogP) is 4.77. The van der Waals surface area contributed by atoms with E-state index in [1.54, 1.807) is 0 Å². The molecule has 1 aromatic rings. The van der Waals surface area contributed by atoms with E-state index in [1.165, 1.54) is 18.4 Å². The highest BCUT2D eigenvalue weighted by Gasteiger charge is 2.26. The lowest BCUT2D eigenvalue weighted by Crippen LogP contribution is -2.42. The lowest BCUT2D eigenvalue weighted by Gasteiger charge is -2.31. The second-order valence-electron chi connectivity index (χ2n) is 6.31. The van der Waals surface area contributed by atoms with Crippen molar-refractivity contribution in [2.24, 2.45) is 5.92 Å². The number of hydrogen-bond donors (Lipinski definition) is 1. The molecule has 144 valence electrons. The molecule has 0 heterocycles. The summed E-state index contributed by atoms with van der Waals surface area (Å²) in [6.07, 6.45) is 0.733. The van der Waals surface area contributed by atoms with Gasteiger partial charge in [0.25, 0.3) is 0 Å². The van der Waals surface area contributed by atoms with E-state index in [0.29, 0.717) is 24.3 Å². The molecular formula is C18H28F3NO2S. The fourth-order valence-corrected chi connectivity index (χ4v) is 3.47. The normalized spacial score (nSPS) is 21.8. The average molecular weight is 379 g/mol. The van der Waals surface area contributed by atoms with Crippen molar-refractivity contribution < 1.29 is 22.1 Å². The molecule has 2 rings (SSSR count). The molecule has 3 atom stereocenters. The van der Waals surface area contributed by atoms with Crippen molar-refractivity contribution in [3.63, 3.8) is 0 Å². The molecule has 25 heavy (non-hydrogen) atoms. The third-order valence-electron chi connectivity index (χ3n) is 3.94. The smallest absolute Gasteiger partial charge is 0.386 e. The molecule has 0 radical (unpaired) electrons. The van der Waals surface area contributed by atoms with Crippen LogP contribution in [0.3, 0.4) is 0 Å². The van der Waals surface area contributed by atoms with E-state index in [1.807, 2.05) is 19.1 Å². The van der Waals surface area contributed by atoms with Gasteiger partial charge in [-0.1, -0.05) is 37.5 Å². The maximum absolute atomic E-state index is 11.7. The molecule has 1 saturated carbocycles. The summed E-state index contributed by atoms with van der Waals surface area (Å²) >= 11 is 0. The van der Waals surface area contributed by atoms with E-state index in [-0.39, 0.29) is 6.92 Å². The summed E-state index contributed by atoms with van der Waals surface area (Å²) in [5.41, 5.74) is 1.24. The van der Waals surface area contributed by atoms with Gasteiger partial charge < -0.3 is 4.74 Å². The van der Waals surface area contributed by atoms with Gasteiger partial charge in [-0.2, -0.15) is 13.2 Å². The number of alkyl halides is 3. The Kier molecular flexibility index (Phi) is 9.50. The SMILES string of the molecule is CC(F)(F)F.CCS(=O)NC1CCCC[C@@H]1COc1ccc(C)cc1. The number of nitrogens with one attached hydrogen (secondary N) is 1. The second-order valence-corrected chi connectivity index (χ2v) is 7.81. The maximum Gasteiger partial charge on any atom is 0.386 e. The number of aryl methyl sites for hydroxylation is 1. The number of ether oxygens (including phenoxy) is 1. The van der Waals surface area contributed by atoms with Crippen molar-refractivity contribution >= 4 is 11.0 Å². The Hall–Kier alpha value is -1.08. The molecule has 1 aliphatic carbocycles. The molecule has 0 amide bonds. The van der Waals surface area contributed by atoms with Crippen molar-refractivity contribution in [1.82, 2.24) is 4.72 Å². The average Bonchev–Trinajstić information content (AvgIpc) is 2.54.